The van der Waals surface area contributed by atoms with Gasteiger partial charge >= 0.3 is 5.97 Å². The molecule has 5 N–H and O–H groups in total. The van der Waals surface area contributed by atoms with E-state index in [9.17, 15) is 28.7 Å². The summed E-state index contributed by atoms with van der Waals surface area (Å²) in [5, 5.41) is 14.2. The van der Waals surface area contributed by atoms with Gasteiger partial charge in [-0.2, -0.15) is 11.8 Å². The number of hydrogen-bond acceptors (Lipinski definition) is 6. The highest BCUT2D eigenvalue weighted by Crippen LogP contribution is 2.41. The fourth-order valence-electron chi connectivity index (χ4n) is 5.41. The van der Waals surface area contributed by atoms with Gasteiger partial charge in [0, 0.05) is 54.8 Å². The van der Waals surface area contributed by atoms with Crippen LogP contribution in [0.5, 0.6) is 0 Å². The molecule has 0 fully saturated rings. The number of benzene rings is 2. The van der Waals surface area contributed by atoms with E-state index in [0.717, 1.165) is 29.5 Å². The minimum absolute atomic E-state index is 0.00188. The van der Waals surface area contributed by atoms with Crippen LogP contribution in [0.2, 0.25) is 0 Å². The average Bonchev–Trinajstić information content (AvgIpc) is 3.45. The first-order valence-corrected chi connectivity index (χ1v) is 18.1. The molecule has 1 aromatic heterocycles. The van der Waals surface area contributed by atoms with Gasteiger partial charge in [0.05, 0.1) is 17.1 Å². The zero-order chi connectivity index (χ0) is 36.1. The Hall–Kier alpha value is -3.75. The smallest absolute Gasteiger partial charge is 0.328 e. The second kappa shape index (κ2) is 18.9. The first-order valence-electron chi connectivity index (χ1n) is 15.9. The highest BCUT2D eigenvalue weighted by atomic mass is 79.9. The predicted octanol–water partition coefficient (Wildman–Crippen LogP) is 4.95. The van der Waals surface area contributed by atoms with Gasteiger partial charge in [-0.05, 0) is 48.2 Å². The van der Waals surface area contributed by atoms with Crippen molar-refractivity contribution in [2.24, 2.45) is 11.1 Å². The van der Waals surface area contributed by atoms with Gasteiger partial charge in [0.15, 0.2) is 0 Å². The van der Waals surface area contributed by atoms with Gasteiger partial charge in [0.25, 0.3) is 0 Å². The Morgan fingerprint density at radius 2 is 1.78 bits per heavy atom. The van der Waals surface area contributed by atoms with E-state index >= 15 is 4.39 Å². The minimum Gasteiger partial charge on any atom is -0.480 e. The molecule has 0 saturated carbocycles. The number of hydrogen-bond donors (Lipinski definition) is 4. The summed E-state index contributed by atoms with van der Waals surface area (Å²) in [6, 6.07) is 13.1. The van der Waals surface area contributed by atoms with Gasteiger partial charge in [-0.3, -0.25) is 14.4 Å². The number of nitrogens with two attached hydrogens (primary N) is 1. The Kier molecular flexibility index (Phi) is 15.3. The Labute approximate surface area is 298 Å². The molecule has 0 aliphatic heterocycles. The molecule has 2 atom stereocenters. The van der Waals surface area contributed by atoms with Crippen LogP contribution in [0.25, 0.3) is 11.1 Å². The molecule has 2 aromatic carbocycles. The molecule has 0 aliphatic rings. The topological polar surface area (TPSA) is 147 Å². The van der Waals surface area contributed by atoms with Gasteiger partial charge in [-0.15, -0.1) is 0 Å². The van der Waals surface area contributed by atoms with E-state index in [4.69, 9.17) is 5.73 Å². The summed E-state index contributed by atoms with van der Waals surface area (Å²) in [6.45, 7) is 6.90. The highest BCUT2D eigenvalue weighted by Gasteiger charge is 2.37. The molecule has 14 heteroatoms. The third kappa shape index (κ3) is 12.0. The zero-order valence-electron chi connectivity index (χ0n) is 27.9. The van der Waals surface area contributed by atoms with Gasteiger partial charge in [-0.1, -0.05) is 67.0 Å². The number of carbonyl (C=O) groups is 4. The molecule has 49 heavy (non-hydrogen) atoms. The number of thioether (sulfide) groups is 1. The number of aromatic nitrogens is 1. The van der Waals surface area contributed by atoms with Crippen LogP contribution in [0.4, 0.5) is 8.78 Å². The van der Waals surface area contributed by atoms with Crippen LogP contribution in [0, 0.1) is 17.0 Å². The quantitative estimate of drug-likeness (QED) is 0.106. The highest BCUT2D eigenvalue weighted by molar-refractivity contribution is 9.09. The number of nitrogens with one attached hydrogen (secondary N) is 2. The molecule has 1 unspecified atom stereocenters. The summed E-state index contributed by atoms with van der Waals surface area (Å²) in [7, 11) is 0. The number of nitrogens with zero attached hydrogens (tertiary/aromatic N) is 2. The molecular weight excluding hydrogens is 720 g/mol. The van der Waals surface area contributed by atoms with Crippen molar-refractivity contribution in [3.05, 3.63) is 83.7 Å². The lowest BCUT2D eigenvalue weighted by molar-refractivity contribution is -0.141. The Morgan fingerprint density at radius 3 is 2.41 bits per heavy atom. The van der Waals surface area contributed by atoms with Gasteiger partial charge < -0.3 is 30.9 Å². The van der Waals surface area contributed by atoms with Crippen molar-refractivity contribution in [3.8, 4) is 11.1 Å². The number of aliphatic carboxylic acids is 1. The molecule has 3 aromatic rings. The molecule has 0 radical (unpaired) electrons. The molecule has 266 valence electrons. The lowest BCUT2D eigenvalue weighted by Gasteiger charge is -2.41. The van der Waals surface area contributed by atoms with Crippen molar-refractivity contribution in [1.82, 2.24) is 20.1 Å². The van der Waals surface area contributed by atoms with Crippen molar-refractivity contribution in [2.45, 2.75) is 52.2 Å². The van der Waals surface area contributed by atoms with E-state index in [2.05, 4.69) is 26.6 Å². The minimum atomic E-state index is -1.29. The Morgan fingerprint density at radius 1 is 1.06 bits per heavy atom. The van der Waals surface area contributed by atoms with Gasteiger partial charge in [0.1, 0.15) is 17.7 Å². The van der Waals surface area contributed by atoms with Crippen LogP contribution < -0.4 is 16.4 Å². The summed E-state index contributed by atoms with van der Waals surface area (Å²) in [5.74, 6) is -3.25. The number of amides is 3. The Bertz CT molecular complexity index is 1580. The molecule has 0 spiro atoms. The van der Waals surface area contributed by atoms with Crippen LogP contribution in [0.15, 0.2) is 60.8 Å². The van der Waals surface area contributed by atoms with Crippen LogP contribution in [0.1, 0.15) is 50.9 Å². The van der Waals surface area contributed by atoms with Crippen molar-refractivity contribution >= 4 is 51.4 Å². The Balaban J connectivity index is 1.86. The largest absolute Gasteiger partial charge is 0.480 e. The van der Waals surface area contributed by atoms with Gasteiger partial charge in [-0.25, -0.2) is 13.6 Å². The summed E-state index contributed by atoms with van der Waals surface area (Å²) in [5.41, 5.74) is 7.72. The molecule has 3 amide bonds. The van der Waals surface area contributed by atoms with E-state index in [1.165, 1.54) is 11.8 Å². The fraction of sp³-hybridized carbons (Fsp3) is 0.429. The van der Waals surface area contributed by atoms with E-state index in [1.807, 2.05) is 61.7 Å². The molecule has 0 saturated heterocycles. The second-order valence-corrected chi connectivity index (χ2v) is 14.3. The van der Waals surface area contributed by atoms with Crippen molar-refractivity contribution in [3.63, 3.8) is 0 Å². The summed E-state index contributed by atoms with van der Waals surface area (Å²) < 4.78 is 31.3. The molecule has 0 bridgehead atoms. The van der Waals surface area contributed by atoms with Gasteiger partial charge in [0.2, 0.25) is 17.7 Å². The number of halogens is 3. The number of carbonyl (C=O) groups excluding carboxylic acids is 3. The van der Waals surface area contributed by atoms with Crippen LogP contribution in [-0.2, 0) is 25.7 Å². The summed E-state index contributed by atoms with van der Waals surface area (Å²) >= 11 is 4.22. The van der Waals surface area contributed by atoms with Crippen LogP contribution in [-0.4, -0.2) is 80.8 Å². The molecule has 10 nitrogen and oxygen atoms in total. The average molecular weight is 765 g/mol. The third-order valence-corrected chi connectivity index (χ3v) is 9.11. The number of alkyl halides is 1. The number of carboxylic acids is 1. The first kappa shape index (κ1) is 39.7. The maximum absolute atomic E-state index is 15.0. The lowest BCUT2D eigenvalue weighted by atomic mass is 9.83. The van der Waals surface area contributed by atoms with E-state index in [0.29, 0.717) is 31.6 Å². The molecule has 0 aliphatic carbocycles. The fourth-order valence-corrected chi connectivity index (χ4v) is 6.42. The SMILES string of the molecule is CC(C)(C)[C@H](c1cc(-c2cc(F)ccc2F)cn1Cc1ccccc1)N(CCCN)C(=O)CSCCC(=O)NC(CNC(=O)CBr)C(=O)O. The van der Waals surface area contributed by atoms with E-state index < -0.39 is 46.9 Å². The zero-order valence-corrected chi connectivity index (χ0v) is 30.3. The maximum Gasteiger partial charge on any atom is 0.328 e. The van der Waals surface area contributed by atoms with E-state index in [1.54, 1.807) is 11.1 Å². The first-order chi connectivity index (χ1) is 23.2. The van der Waals surface area contributed by atoms with Crippen LogP contribution >= 0.6 is 27.7 Å². The monoisotopic (exact) mass is 763 g/mol. The van der Waals surface area contributed by atoms with Crippen molar-refractivity contribution in [2.75, 3.05) is 36.5 Å². The lowest BCUT2D eigenvalue weighted by Crippen LogP contribution is -2.48. The van der Waals surface area contributed by atoms with Crippen molar-refractivity contribution in [1.29, 1.82) is 0 Å². The number of carboxylic acid groups (broad SMARTS) is 1. The maximum atomic E-state index is 15.0. The molecule has 1 heterocycles. The predicted molar refractivity (Wildman–Crippen MR) is 191 cm³/mol. The molecular formula is C35H44BrF2N5O5S. The molecule has 3 rings (SSSR count). The number of rotatable bonds is 18. The van der Waals surface area contributed by atoms with Crippen LogP contribution in [0.3, 0.4) is 0 Å². The van der Waals surface area contributed by atoms with E-state index in [-0.39, 0.29) is 41.3 Å². The third-order valence-electron chi connectivity index (χ3n) is 7.66. The standard InChI is InChI=1S/C35H44BrF2N5O5S/c1-35(2,3)33(29-16-24(26-17-25(37)10-11-27(26)38)21-42(29)20-23-8-5-4-6-9-23)43(14-7-13-39)32(46)22-49-15-12-30(44)41-28(34(47)48)19-40-31(45)18-36/h4-6,8-11,16-17,21,28,33H,7,12-15,18-20,22,39H2,1-3H3,(H,40,45)(H,41,44)(H,47,48)/t28?,33-/m0/s1. The second-order valence-electron chi connectivity index (χ2n) is 12.6. The summed E-state index contributed by atoms with van der Waals surface area (Å²) in [6.07, 6.45) is 2.27. The summed E-state index contributed by atoms with van der Waals surface area (Å²) in [4.78, 5) is 51.3. The van der Waals surface area contributed by atoms with Crippen molar-refractivity contribution < 1.29 is 33.1 Å². The normalized spacial score (nSPS) is 12.6.